The summed E-state index contributed by atoms with van der Waals surface area (Å²) < 4.78 is 30.1. The minimum absolute atomic E-state index is 0.243. The number of esters is 2. The third kappa shape index (κ3) is 5.12. The topological polar surface area (TPSA) is 80.3 Å². The Bertz CT molecular complexity index is 1140. The highest BCUT2D eigenvalue weighted by atomic mass is 16.7. The average molecular weight is 475 g/mol. The number of hydrogen-bond acceptors (Lipinski definition) is 7. The highest BCUT2D eigenvalue weighted by molar-refractivity contribution is 5.90. The molecule has 0 aromatic heterocycles. The van der Waals surface area contributed by atoms with Crippen LogP contribution in [0.25, 0.3) is 0 Å². The summed E-state index contributed by atoms with van der Waals surface area (Å²) >= 11 is 0. The van der Waals surface area contributed by atoms with E-state index in [0.29, 0.717) is 11.1 Å². The lowest BCUT2D eigenvalue weighted by molar-refractivity contribution is -0.325. The van der Waals surface area contributed by atoms with Gasteiger partial charge in [0, 0.05) is 5.56 Å². The van der Waals surface area contributed by atoms with Gasteiger partial charge in [0.25, 0.3) is 0 Å². The molecule has 0 bridgehead atoms. The fraction of sp³-hybridized carbons (Fsp3) is 0.286. The van der Waals surface area contributed by atoms with Gasteiger partial charge in [0.2, 0.25) is 0 Å². The second-order valence-corrected chi connectivity index (χ2v) is 8.53. The largest absolute Gasteiger partial charge is 0.452 e. The molecule has 2 aliphatic rings. The van der Waals surface area contributed by atoms with Crippen LogP contribution in [0, 0.1) is 0 Å². The molecule has 0 N–H and O–H groups in total. The summed E-state index contributed by atoms with van der Waals surface area (Å²) in [6, 6.07) is 26.8. The first-order valence-corrected chi connectivity index (χ1v) is 11.6. The molecule has 180 valence electrons. The van der Waals surface area contributed by atoms with Gasteiger partial charge in [0.05, 0.1) is 23.8 Å². The Morgan fingerprint density at radius 3 is 1.80 bits per heavy atom. The van der Waals surface area contributed by atoms with Crippen LogP contribution < -0.4 is 0 Å². The first-order valence-electron chi connectivity index (χ1n) is 11.6. The lowest BCUT2D eigenvalue weighted by Gasteiger charge is -2.47. The highest BCUT2D eigenvalue weighted by Gasteiger charge is 2.52. The zero-order valence-corrected chi connectivity index (χ0v) is 19.2. The summed E-state index contributed by atoms with van der Waals surface area (Å²) in [5.74, 6) is -1.06. The predicted octanol–water partition coefficient (Wildman–Crippen LogP) is 4.34. The van der Waals surface area contributed by atoms with Crippen molar-refractivity contribution in [1.82, 2.24) is 0 Å². The average Bonchev–Trinajstić information content (AvgIpc) is 2.91. The van der Waals surface area contributed by atoms with Crippen molar-refractivity contribution in [3.05, 3.63) is 108 Å². The van der Waals surface area contributed by atoms with Crippen LogP contribution in [0.4, 0.5) is 0 Å². The Kier molecular flexibility index (Phi) is 6.90. The Morgan fingerprint density at radius 1 is 0.714 bits per heavy atom. The number of rotatable bonds is 5. The number of carbonyl (C=O) groups is 2. The van der Waals surface area contributed by atoms with E-state index < -0.39 is 48.7 Å². The van der Waals surface area contributed by atoms with E-state index in [1.54, 1.807) is 55.5 Å². The zero-order valence-electron chi connectivity index (χ0n) is 19.2. The van der Waals surface area contributed by atoms with E-state index in [2.05, 4.69) is 0 Å². The van der Waals surface area contributed by atoms with Gasteiger partial charge in [-0.2, -0.15) is 0 Å². The first-order chi connectivity index (χ1) is 17.1. The van der Waals surface area contributed by atoms with E-state index in [1.807, 2.05) is 42.5 Å². The molecule has 0 spiro atoms. The van der Waals surface area contributed by atoms with Crippen LogP contribution in [-0.2, 0) is 23.7 Å². The summed E-state index contributed by atoms with van der Waals surface area (Å²) in [5.41, 5.74) is 1.61. The molecule has 7 nitrogen and oxygen atoms in total. The van der Waals surface area contributed by atoms with Crippen molar-refractivity contribution < 1.29 is 33.3 Å². The quantitative estimate of drug-likeness (QED) is 0.509. The molecule has 4 unspecified atom stereocenters. The van der Waals surface area contributed by atoms with Crippen LogP contribution in [0.15, 0.2) is 91.0 Å². The Labute approximate surface area is 203 Å². The first kappa shape index (κ1) is 23.2. The van der Waals surface area contributed by atoms with Crippen LogP contribution in [0.3, 0.4) is 0 Å². The Balaban J connectivity index is 1.43. The molecule has 3 aromatic carbocycles. The number of fused-ring (bicyclic) bond motifs is 1. The summed E-state index contributed by atoms with van der Waals surface area (Å²) in [4.78, 5) is 26.0. The summed E-state index contributed by atoms with van der Waals surface area (Å²) in [6.07, 6.45) is -4.21. The minimum Gasteiger partial charge on any atom is -0.452 e. The second kappa shape index (κ2) is 10.4. The van der Waals surface area contributed by atoms with Gasteiger partial charge in [0.1, 0.15) is 12.2 Å². The van der Waals surface area contributed by atoms with Crippen LogP contribution >= 0.6 is 0 Å². The van der Waals surface area contributed by atoms with Crippen molar-refractivity contribution in [2.45, 2.75) is 43.7 Å². The minimum atomic E-state index is -0.903. The molecular formula is C28H26O7. The van der Waals surface area contributed by atoms with Gasteiger partial charge in [-0.25, -0.2) is 9.59 Å². The van der Waals surface area contributed by atoms with Crippen LogP contribution in [0.2, 0.25) is 0 Å². The smallest absolute Gasteiger partial charge is 0.338 e. The van der Waals surface area contributed by atoms with Crippen LogP contribution in [0.5, 0.6) is 0 Å². The molecule has 7 heteroatoms. The molecule has 0 radical (unpaired) electrons. The third-order valence-electron chi connectivity index (χ3n) is 6.14. The Morgan fingerprint density at radius 2 is 1.23 bits per heavy atom. The maximum absolute atomic E-state index is 13.1. The number of hydrogen-bond donors (Lipinski definition) is 0. The van der Waals surface area contributed by atoms with Crippen molar-refractivity contribution in [2.24, 2.45) is 0 Å². The van der Waals surface area contributed by atoms with Crippen molar-refractivity contribution >= 4 is 11.9 Å². The molecule has 5 rings (SSSR count). The molecule has 0 saturated carbocycles. The fourth-order valence-corrected chi connectivity index (χ4v) is 4.37. The molecule has 2 aliphatic heterocycles. The van der Waals surface area contributed by atoms with Gasteiger partial charge in [0.15, 0.2) is 18.5 Å². The van der Waals surface area contributed by atoms with E-state index in [0.717, 1.165) is 5.56 Å². The van der Waals surface area contributed by atoms with Gasteiger partial charge < -0.3 is 23.7 Å². The van der Waals surface area contributed by atoms with Crippen molar-refractivity contribution in [1.29, 1.82) is 0 Å². The third-order valence-corrected chi connectivity index (χ3v) is 6.14. The second-order valence-electron chi connectivity index (χ2n) is 8.53. The molecule has 0 aliphatic carbocycles. The number of ether oxygens (including phenoxy) is 5. The normalized spacial score (nSPS) is 27.9. The summed E-state index contributed by atoms with van der Waals surface area (Å²) in [7, 11) is 0. The molecule has 35 heavy (non-hydrogen) atoms. The highest BCUT2D eigenvalue weighted by Crippen LogP contribution is 2.36. The maximum Gasteiger partial charge on any atom is 0.338 e. The SMILES string of the molecule is C[C@@H]1OC2COC(c3ccccc3)O[C@H]2C(OC(=O)c2ccccc2)C1OC(=O)c1ccccc1. The van der Waals surface area contributed by atoms with E-state index in [4.69, 9.17) is 23.7 Å². The van der Waals surface area contributed by atoms with Gasteiger partial charge in [-0.3, -0.25) is 0 Å². The molecule has 2 saturated heterocycles. The summed E-state index contributed by atoms with van der Waals surface area (Å²) in [5, 5.41) is 0. The molecule has 2 fully saturated rings. The molecular weight excluding hydrogens is 448 g/mol. The van der Waals surface area contributed by atoms with Gasteiger partial charge in [-0.1, -0.05) is 66.7 Å². The summed E-state index contributed by atoms with van der Waals surface area (Å²) in [6.45, 7) is 2.03. The fourth-order valence-electron chi connectivity index (χ4n) is 4.37. The predicted molar refractivity (Wildman–Crippen MR) is 126 cm³/mol. The standard InChI is InChI=1S/C28H26O7/c1-18-23(33-26(29)19-11-5-2-6-12-19)25(34-27(30)20-13-7-3-8-14-20)24-22(32-18)17-31-28(35-24)21-15-9-4-10-16-21/h2-16,18,22-25,28H,17H2,1H3/t18-,22?,23?,24+,25?,28?/m0/s1. The van der Waals surface area contributed by atoms with Gasteiger partial charge in [-0.05, 0) is 31.2 Å². The van der Waals surface area contributed by atoms with Crippen LogP contribution in [-0.4, -0.2) is 49.1 Å². The molecule has 3 aromatic rings. The van der Waals surface area contributed by atoms with E-state index >= 15 is 0 Å². The van der Waals surface area contributed by atoms with Crippen molar-refractivity contribution in [3.63, 3.8) is 0 Å². The monoisotopic (exact) mass is 474 g/mol. The van der Waals surface area contributed by atoms with E-state index in [-0.39, 0.29) is 6.61 Å². The van der Waals surface area contributed by atoms with Gasteiger partial charge in [-0.15, -0.1) is 0 Å². The van der Waals surface area contributed by atoms with E-state index in [9.17, 15) is 9.59 Å². The van der Waals surface area contributed by atoms with Crippen molar-refractivity contribution in [2.75, 3.05) is 6.61 Å². The lowest BCUT2D eigenvalue weighted by atomic mass is 9.94. The lowest BCUT2D eigenvalue weighted by Crippen LogP contribution is -2.63. The number of carbonyl (C=O) groups excluding carboxylic acids is 2. The van der Waals surface area contributed by atoms with Crippen LogP contribution in [0.1, 0.15) is 39.5 Å². The molecule has 6 atom stereocenters. The van der Waals surface area contributed by atoms with Crippen molar-refractivity contribution in [3.8, 4) is 0 Å². The molecule has 0 amide bonds. The maximum atomic E-state index is 13.1. The zero-order chi connectivity index (χ0) is 24.2. The van der Waals surface area contributed by atoms with Gasteiger partial charge >= 0.3 is 11.9 Å². The number of benzene rings is 3. The molecule has 2 heterocycles. The van der Waals surface area contributed by atoms with E-state index in [1.165, 1.54) is 0 Å². The Hall–Kier alpha value is -3.52.